The van der Waals surface area contributed by atoms with Crippen LogP contribution in [0.15, 0.2) is 24.3 Å². The summed E-state index contributed by atoms with van der Waals surface area (Å²) in [6.45, 7) is 7.30. The van der Waals surface area contributed by atoms with Gasteiger partial charge < -0.3 is 20.5 Å². The molecule has 0 fully saturated rings. The van der Waals surface area contributed by atoms with Crippen LogP contribution in [0.2, 0.25) is 0 Å². The second-order valence-electron chi connectivity index (χ2n) is 5.76. The predicted octanol–water partition coefficient (Wildman–Crippen LogP) is 2.61. The number of carbonyl (C=O) groups excluding carboxylic acids is 1. The van der Waals surface area contributed by atoms with Gasteiger partial charge in [0.1, 0.15) is 11.4 Å². The quantitative estimate of drug-likeness (QED) is 0.889. The summed E-state index contributed by atoms with van der Waals surface area (Å²) < 4.78 is 10.4. The van der Waals surface area contributed by atoms with Gasteiger partial charge in [-0.25, -0.2) is 4.79 Å². The first kappa shape index (κ1) is 16.3. The number of nitrogens with two attached hydrogens (primary N) is 1. The molecule has 0 saturated heterocycles. The van der Waals surface area contributed by atoms with E-state index in [1.807, 2.05) is 52.0 Å². The summed E-state index contributed by atoms with van der Waals surface area (Å²) >= 11 is 0. The Morgan fingerprint density at radius 2 is 1.80 bits per heavy atom. The lowest BCUT2D eigenvalue weighted by molar-refractivity contribution is 0.0497. The third-order valence-electron chi connectivity index (χ3n) is 2.67. The number of hydrogen-bond donors (Lipinski definition) is 2. The Morgan fingerprint density at radius 3 is 2.20 bits per heavy atom. The Morgan fingerprint density at radius 1 is 1.25 bits per heavy atom. The molecular formula is C15H24N2O3. The lowest BCUT2D eigenvalue weighted by Crippen LogP contribution is -2.41. The first-order valence-electron chi connectivity index (χ1n) is 6.62. The van der Waals surface area contributed by atoms with Gasteiger partial charge in [-0.2, -0.15) is 0 Å². The van der Waals surface area contributed by atoms with Crippen LogP contribution in [0.1, 0.15) is 39.3 Å². The molecule has 3 N–H and O–H groups in total. The molecule has 0 aliphatic rings. The third kappa shape index (κ3) is 5.09. The second kappa shape index (κ2) is 6.61. The summed E-state index contributed by atoms with van der Waals surface area (Å²) in [6.07, 6.45) is -0.476. The molecule has 0 bridgehead atoms. The summed E-state index contributed by atoms with van der Waals surface area (Å²) in [5.41, 5.74) is 6.32. The van der Waals surface area contributed by atoms with Gasteiger partial charge in [-0.1, -0.05) is 12.1 Å². The number of carbonyl (C=O) groups is 1. The van der Waals surface area contributed by atoms with Crippen LogP contribution in [-0.2, 0) is 4.74 Å². The van der Waals surface area contributed by atoms with Crippen LogP contribution in [0.4, 0.5) is 4.79 Å². The van der Waals surface area contributed by atoms with Crippen molar-refractivity contribution in [1.82, 2.24) is 5.32 Å². The third-order valence-corrected chi connectivity index (χ3v) is 2.67. The maximum Gasteiger partial charge on any atom is 0.408 e. The number of hydrogen-bond acceptors (Lipinski definition) is 4. The van der Waals surface area contributed by atoms with Crippen LogP contribution in [0.5, 0.6) is 5.75 Å². The van der Waals surface area contributed by atoms with Crippen molar-refractivity contribution in [3.8, 4) is 5.75 Å². The first-order chi connectivity index (χ1) is 9.23. The highest BCUT2D eigenvalue weighted by atomic mass is 16.6. The van der Waals surface area contributed by atoms with Gasteiger partial charge in [-0.05, 0) is 45.4 Å². The Kier molecular flexibility index (Phi) is 5.39. The molecule has 0 saturated carbocycles. The molecule has 1 rings (SSSR count). The maximum atomic E-state index is 11.9. The molecular weight excluding hydrogens is 256 g/mol. The van der Waals surface area contributed by atoms with Crippen molar-refractivity contribution in [3.63, 3.8) is 0 Å². The molecule has 20 heavy (non-hydrogen) atoms. The van der Waals surface area contributed by atoms with Crippen LogP contribution in [0, 0.1) is 0 Å². The number of ether oxygens (including phenoxy) is 2. The molecule has 1 aromatic carbocycles. The van der Waals surface area contributed by atoms with Gasteiger partial charge in [0.15, 0.2) is 0 Å². The Balaban J connectivity index is 2.81. The lowest BCUT2D eigenvalue weighted by atomic mass is 10.0. The van der Waals surface area contributed by atoms with Crippen molar-refractivity contribution in [2.24, 2.45) is 5.73 Å². The summed E-state index contributed by atoms with van der Waals surface area (Å²) in [7, 11) is 1.61. The van der Waals surface area contributed by atoms with Gasteiger partial charge in [0.2, 0.25) is 0 Å². The molecule has 0 spiro atoms. The molecule has 5 heteroatoms. The SMILES string of the molecule is COc1ccc([C@H](NC(=O)OC(C)(C)C)[C@@H](C)N)cc1. The van der Waals surface area contributed by atoms with E-state index in [1.54, 1.807) is 7.11 Å². The van der Waals surface area contributed by atoms with E-state index in [2.05, 4.69) is 5.32 Å². The highest BCUT2D eigenvalue weighted by molar-refractivity contribution is 5.68. The number of nitrogens with one attached hydrogen (secondary N) is 1. The fourth-order valence-corrected chi connectivity index (χ4v) is 1.76. The van der Waals surface area contributed by atoms with E-state index in [0.717, 1.165) is 11.3 Å². The van der Waals surface area contributed by atoms with Crippen molar-refractivity contribution in [2.75, 3.05) is 7.11 Å². The molecule has 0 aliphatic carbocycles. The maximum absolute atomic E-state index is 11.9. The van der Waals surface area contributed by atoms with Crippen molar-refractivity contribution >= 4 is 6.09 Å². The van der Waals surface area contributed by atoms with Crippen LogP contribution < -0.4 is 15.8 Å². The average molecular weight is 280 g/mol. The van der Waals surface area contributed by atoms with Crippen molar-refractivity contribution < 1.29 is 14.3 Å². The Labute approximate surface area is 120 Å². The number of methoxy groups -OCH3 is 1. The zero-order valence-corrected chi connectivity index (χ0v) is 12.8. The smallest absolute Gasteiger partial charge is 0.408 e. The molecule has 5 nitrogen and oxygen atoms in total. The van der Waals surface area contributed by atoms with E-state index in [0.29, 0.717) is 0 Å². The zero-order valence-electron chi connectivity index (χ0n) is 12.8. The van der Waals surface area contributed by atoms with Crippen molar-refractivity contribution in [2.45, 2.75) is 45.4 Å². The van der Waals surface area contributed by atoms with Crippen LogP contribution in [-0.4, -0.2) is 24.8 Å². The molecule has 0 aromatic heterocycles. The fraction of sp³-hybridized carbons (Fsp3) is 0.533. The fourth-order valence-electron chi connectivity index (χ4n) is 1.76. The number of amides is 1. The molecule has 0 heterocycles. The summed E-state index contributed by atoms with van der Waals surface area (Å²) in [5, 5.41) is 2.80. The minimum atomic E-state index is -0.535. The highest BCUT2D eigenvalue weighted by Crippen LogP contribution is 2.20. The topological polar surface area (TPSA) is 73.6 Å². The minimum Gasteiger partial charge on any atom is -0.497 e. The van der Waals surface area contributed by atoms with Gasteiger partial charge in [-0.3, -0.25) is 0 Å². The van der Waals surface area contributed by atoms with Crippen LogP contribution in [0.25, 0.3) is 0 Å². The number of rotatable bonds is 4. The molecule has 1 amide bonds. The molecule has 2 atom stereocenters. The number of alkyl carbamates (subject to hydrolysis) is 1. The summed E-state index contributed by atoms with van der Waals surface area (Å²) in [4.78, 5) is 11.9. The van der Waals surface area contributed by atoms with E-state index < -0.39 is 11.7 Å². The van der Waals surface area contributed by atoms with Gasteiger partial charge in [0.25, 0.3) is 0 Å². The summed E-state index contributed by atoms with van der Waals surface area (Å²) in [5.74, 6) is 0.759. The molecule has 112 valence electrons. The van der Waals surface area contributed by atoms with Gasteiger partial charge in [0, 0.05) is 6.04 Å². The Bertz CT molecular complexity index is 435. The lowest BCUT2D eigenvalue weighted by Gasteiger charge is -2.26. The van der Waals surface area contributed by atoms with Gasteiger partial charge >= 0.3 is 6.09 Å². The van der Waals surface area contributed by atoms with Crippen LogP contribution in [0.3, 0.4) is 0 Å². The van der Waals surface area contributed by atoms with E-state index in [1.165, 1.54) is 0 Å². The minimum absolute atomic E-state index is 0.240. The van der Waals surface area contributed by atoms with E-state index in [9.17, 15) is 4.79 Å². The Hall–Kier alpha value is -1.75. The largest absolute Gasteiger partial charge is 0.497 e. The molecule has 0 aliphatic heterocycles. The monoisotopic (exact) mass is 280 g/mol. The summed E-state index contributed by atoms with van der Waals surface area (Å²) in [6, 6.07) is 6.88. The molecule has 1 aromatic rings. The van der Waals surface area contributed by atoms with Crippen molar-refractivity contribution in [1.29, 1.82) is 0 Å². The normalized spacial score (nSPS) is 14.3. The predicted molar refractivity (Wildman–Crippen MR) is 78.8 cm³/mol. The number of benzene rings is 1. The van der Waals surface area contributed by atoms with E-state index in [-0.39, 0.29) is 12.1 Å². The van der Waals surface area contributed by atoms with Crippen molar-refractivity contribution in [3.05, 3.63) is 29.8 Å². The standard InChI is InChI=1S/C15H24N2O3/c1-10(16)13(17-14(18)20-15(2,3)4)11-6-8-12(19-5)9-7-11/h6-10,13H,16H2,1-5H3,(H,17,18)/t10-,13-/m1/s1. The average Bonchev–Trinajstić information content (AvgIpc) is 2.34. The van der Waals surface area contributed by atoms with E-state index in [4.69, 9.17) is 15.2 Å². The van der Waals surface area contributed by atoms with Gasteiger partial charge in [0.05, 0.1) is 13.2 Å². The zero-order chi connectivity index (χ0) is 15.3. The highest BCUT2D eigenvalue weighted by Gasteiger charge is 2.22. The molecule has 0 unspecified atom stereocenters. The van der Waals surface area contributed by atoms with E-state index >= 15 is 0 Å². The van der Waals surface area contributed by atoms with Gasteiger partial charge in [-0.15, -0.1) is 0 Å². The second-order valence-corrected chi connectivity index (χ2v) is 5.76. The van der Waals surface area contributed by atoms with Crippen LogP contribution >= 0.6 is 0 Å². The molecule has 0 radical (unpaired) electrons. The first-order valence-corrected chi connectivity index (χ1v) is 6.62.